The first-order valence-corrected chi connectivity index (χ1v) is 8.45. The van der Waals surface area contributed by atoms with Gasteiger partial charge in [-0.15, -0.1) is 22.7 Å². The van der Waals surface area contributed by atoms with Crippen molar-refractivity contribution < 1.29 is 5.11 Å². The summed E-state index contributed by atoms with van der Waals surface area (Å²) in [6.07, 6.45) is -0.263. The molecule has 2 N–H and O–H groups in total. The molecule has 0 aliphatic carbocycles. The maximum atomic E-state index is 10.6. The molecule has 0 aromatic carbocycles. The number of aliphatic hydroxyl groups is 1. The normalized spacial score (nSPS) is 35.4. The lowest BCUT2D eigenvalue weighted by molar-refractivity contribution is -0.00521. The SMILES string of the molecule is C[C@@H]1C(O)[C@@H](C)[C@@H](c2cccs2)N[C@@H]1c1cccs1. The summed E-state index contributed by atoms with van der Waals surface area (Å²) in [7, 11) is 0. The Morgan fingerprint density at radius 1 is 0.947 bits per heavy atom. The van der Waals surface area contributed by atoms with E-state index in [1.807, 2.05) is 0 Å². The highest BCUT2D eigenvalue weighted by Gasteiger charge is 2.40. The van der Waals surface area contributed by atoms with Crippen molar-refractivity contribution in [3.8, 4) is 0 Å². The van der Waals surface area contributed by atoms with Crippen molar-refractivity contribution in [2.45, 2.75) is 32.0 Å². The van der Waals surface area contributed by atoms with Crippen molar-refractivity contribution in [1.82, 2.24) is 5.32 Å². The van der Waals surface area contributed by atoms with E-state index in [9.17, 15) is 5.11 Å². The van der Waals surface area contributed by atoms with E-state index in [-0.39, 0.29) is 30.0 Å². The minimum atomic E-state index is -0.263. The smallest absolute Gasteiger partial charge is 0.0628 e. The lowest BCUT2D eigenvalue weighted by Crippen LogP contribution is -2.48. The van der Waals surface area contributed by atoms with E-state index in [2.05, 4.69) is 54.2 Å². The standard InChI is InChI=1S/C15H19NOS2/c1-9-13(11-5-3-7-18-11)16-14(10(2)15(9)17)12-6-4-8-19-12/h3-10,13-17H,1-2H3/t9-,10-,13-,14-/m0/s1. The molecule has 0 bridgehead atoms. The first-order chi connectivity index (χ1) is 9.18. The minimum absolute atomic E-state index is 0.241. The van der Waals surface area contributed by atoms with Gasteiger partial charge in [0, 0.05) is 33.7 Å². The Labute approximate surface area is 122 Å². The summed E-state index contributed by atoms with van der Waals surface area (Å²) >= 11 is 3.53. The molecule has 2 nitrogen and oxygen atoms in total. The van der Waals surface area contributed by atoms with Crippen LogP contribution in [0.3, 0.4) is 0 Å². The van der Waals surface area contributed by atoms with E-state index < -0.39 is 0 Å². The summed E-state index contributed by atoms with van der Waals surface area (Å²) in [4.78, 5) is 2.64. The van der Waals surface area contributed by atoms with E-state index in [0.717, 1.165) is 0 Å². The monoisotopic (exact) mass is 293 g/mol. The van der Waals surface area contributed by atoms with Gasteiger partial charge >= 0.3 is 0 Å². The summed E-state index contributed by atoms with van der Waals surface area (Å²) in [5.74, 6) is 0.481. The van der Waals surface area contributed by atoms with Crippen LogP contribution >= 0.6 is 22.7 Å². The maximum absolute atomic E-state index is 10.6. The largest absolute Gasteiger partial charge is 0.392 e. The number of rotatable bonds is 2. The number of hydrogen-bond acceptors (Lipinski definition) is 4. The Morgan fingerprint density at radius 2 is 1.42 bits per heavy atom. The van der Waals surface area contributed by atoms with Crippen LogP contribution in [-0.4, -0.2) is 11.2 Å². The van der Waals surface area contributed by atoms with Gasteiger partial charge in [0.05, 0.1) is 6.10 Å². The Kier molecular flexibility index (Phi) is 3.76. The molecule has 4 heteroatoms. The molecule has 1 aliphatic rings. The topological polar surface area (TPSA) is 32.3 Å². The molecule has 2 aromatic heterocycles. The second-order valence-corrected chi connectivity index (χ2v) is 7.32. The van der Waals surface area contributed by atoms with Gasteiger partial charge in [0.15, 0.2) is 0 Å². The predicted molar refractivity (Wildman–Crippen MR) is 81.6 cm³/mol. The molecule has 1 aliphatic heterocycles. The highest BCUT2D eigenvalue weighted by atomic mass is 32.1. The zero-order valence-electron chi connectivity index (χ0n) is 11.1. The van der Waals surface area contributed by atoms with Gasteiger partial charge in [-0.1, -0.05) is 26.0 Å². The molecule has 3 heterocycles. The highest BCUT2D eigenvalue weighted by Crippen LogP contribution is 2.42. The van der Waals surface area contributed by atoms with E-state index in [1.165, 1.54) is 9.75 Å². The van der Waals surface area contributed by atoms with Gasteiger partial charge < -0.3 is 10.4 Å². The fourth-order valence-corrected chi connectivity index (χ4v) is 4.79. The van der Waals surface area contributed by atoms with Crippen LogP contribution in [0.1, 0.15) is 35.7 Å². The summed E-state index contributed by atoms with van der Waals surface area (Å²) < 4.78 is 0. The molecule has 1 fully saturated rings. The summed E-state index contributed by atoms with van der Waals surface area (Å²) in [5.41, 5.74) is 0. The van der Waals surface area contributed by atoms with Gasteiger partial charge in [-0.2, -0.15) is 0 Å². The highest BCUT2D eigenvalue weighted by molar-refractivity contribution is 7.10. The first-order valence-electron chi connectivity index (χ1n) is 6.69. The van der Waals surface area contributed by atoms with Crippen LogP contribution in [0.15, 0.2) is 35.0 Å². The second kappa shape index (κ2) is 5.37. The molecular formula is C15H19NOS2. The van der Waals surface area contributed by atoms with Crippen LogP contribution < -0.4 is 5.32 Å². The van der Waals surface area contributed by atoms with Gasteiger partial charge in [0.1, 0.15) is 0 Å². The van der Waals surface area contributed by atoms with E-state index in [1.54, 1.807) is 22.7 Å². The number of hydrogen-bond donors (Lipinski definition) is 2. The molecule has 3 rings (SSSR count). The van der Waals surface area contributed by atoms with Crippen LogP contribution in [0.2, 0.25) is 0 Å². The van der Waals surface area contributed by atoms with Crippen LogP contribution in [-0.2, 0) is 0 Å². The van der Waals surface area contributed by atoms with Crippen molar-refractivity contribution in [3.05, 3.63) is 44.8 Å². The van der Waals surface area contributed by atoms with Gasteiger partial charge in [-0.25, -0.2) is 0 Å². The zero-order chi connectivity index (χ0) is 13.4. The quantitative estimate of drug-likeness (QED) is 0.882. The number of nitrogens with one attached hydrogen (secondary N) is 1. The molecule has 0 radical (unpaired) electrons. The predicted octanol–water partition coefficient (Wildman–Crippen LogP) is 3.83. The fourth-order valence-electron chi connectivity index (χ4n) is 2.99. The molecule has 2 aromatic rings. The Bertz CT molecular complexity index is 462. The lowest BCUT2D eigenvalue weighted by atomic mass is 9.78. The summed E-state index contributed by atoms with van der Waals surface area (Å²) in [6, 6.07) is 8.98. The third kappa shape index (κ3) is 2.38. The van der Waals surface area contributed by atoms with Crippen molar-refractivity contribution in [2.75, 3.05) is 0 Å². The van der Waals surface area contributed by atoms with E-state index in [0.29, 0.717) is 0 Å². The molecule has 4 atom stereocenters. The minimum Gasteiger partial charge on any atom is -0.392 e. The zero-order valence-corrected chi connectivity index (χ0v) is 12.7. The molecule has 19 heavy (non-hydrogen) atoms. The van der Waals surface area contributed by atoms with Crippen LogP contribution in [0.4, 0.5) is 0 Å². The fraction of sp³-hybridized carbons (Fsp3) is 0.467. The van der Waals surface area contributed by atoms with Crippen LogP contribution in [0.25, 0.3) is 0 Å². The molecule has 102 valence electrons. The van der Waals surface area contributed by atoms with Crippen molar-refractivity contribution in [1.29, 1.82) is 0 Å². The van der Waals surface area contributed by atoms with Gasteiger partial charge in [0.2, 0.25) is 0 Å². The molecular weight excluding hydrogens is 274 g/mol. The van der Waals surface area contributed by atoms with Crippen molar-refractivity contribution in [3.63, 3.8) is 0 Å². The number of aliphatic hydroxyl groups excluding tert-OH is 1. The molecule has 0 saturated carbocycles. The van der Waals surface area contributed by atoms with Gasteiger partial charge in [-0.05, 0) is 22.9 Å². The average molecular weight is 293 g/mol. The second-order valence-electron chi connectivity index (χ2n) is 5.36. The third-order valence-electron chi connectivity index (χ3n) is 4.19. The molecule has 0 spiro atoms. The van der Waals surface area contributed by atoms with Crippen molar-refractivity contribution >= 4 is 22.7 Å². The summed E-state index contributed by atoms with van der Waals surface area (Å²) in [5, 5.41) is 18.5. The van der Waals surface area contributed by atoms with Crippen LogP contribution in [0.5, 0.6) is 0 Å². The number of piperidine rings is 1. The maximum Gasteiger partial charge on any atom is 0.0628 e. The first kappa shape index (κ1) is 13.3. The molecule has 1 saturated heterocycles. The van der Waals surface area contributed by atoms with Crippen LogP contribution in [0, 0.1) is 11.8 Å². The van der Waals surface area contributed by atoms with E-state index >= 15 is 0 Å². The van der Waals surface area contributed by atoms with Gasteiger partial charge in [0.25, 0.3) is 0 Å². The van der Waals surface area contributed by atoms with Gasteiger partial charge in [-0.3, -0.25) is 0 Å². The Balaban J connectivity index is 1.91. The number of thiophene rings is 2. The summed E-state index contributed by atoms with van der Waals surface area (Å²) in [6.45, 7) is 4.28. The van der Waals surface area contributed by atoms with E-state index in [4.69, 9.17) is 0 Å². The third-order valence-corrected chi connectivity index (χ3v) is 6.10. The molecule has 0 amide bonds. The Morgan fingerprint density at radius 3 is 1.79 bits per heavy atom. The Hall–Kier alpha value is -0.680. The lowest BCUT2D eigenvalue weighted by Gasteiger charge is -2.43. The van der Waals surface area contributed by atoms with Crippen molar-refractivity contribution in [2.24, 2.45) is 11.8 Å². The average Bonchev–Trinajstić information content (AvgIpc) is 3.08. The molecule has 0 unspecified atom stereocenters.